The number of ether oxygens (including phenoxy) is 1. The average molecular weight is 328 g/mol. The van der Waals surface area contributed by atoms with Crippen LogP contribution in [0, 0.1) is 12.8 Å². The predicted octanol–water partition coefficient (Wildman–Crippen LogP) is 4.60. The van der Waals surface area contributed by atoms with Crippen LogP contribution in [0.25, 0.3) is 10.9 Å². The molecule has 0 N–H and O–H groups in total. The van der Waals surface area contributed by atoms with Crippen molar-refractivity contribution >= 4 is 17.0 Å². The number of amides is 1. The second-order valence-corrected chi connectivity index (χ2v) is 7.87. The van der Waals surface area contributed by atoms with Crippen LogP contribution in [0.4, 0.5) is 4.79 Å². The molecule has 0 aliphatic carbocycles. The fraction of sp³-hybridized carbons (Fsp3) is 0.550. The zero-order valence-electron chi connectivity index (χ0n) is 15.2. The number of hydrogen-bond donors (Lipinski definition) is 0. The minimum Gasteiger partial charge on any atom is -0.444 e. The second kappa shape index (κ2) is 6.50. The minimum atomic E-state index is -0.422. The highest BCUT2D eigenvalue weighted by molar-refractivity contribution is 5.81. The van der Waals surface area contributed by atoms with Gasteiger partial charge < -0.3 is 14.2 Å². The van der Waals surface area contributed by atoms with Gasteiger partial charge in [0.1, 0.15) is 5.60 Å². The van der Waals surface area contributed by atoms with Gasteiger partial charge in [0, 0.05) is 30.8 Å². The number of rotatable bonds is 2. The summed E-state index contributed by atoms with van der Waals surface area (Å²) in [5, 5.41) is 1.31. The van der Waals surface area contributed by atoms with E-state index in [2.05, 4.69) is 41.8 Å². The number of fused-ring (bicyclic) bond motifs is 1. The van der Waals surface area contributed by atoms with Crippen molar-refractivity contribution in [2.45, 2.75) is 52.7 Å². The van der Waals surface area contributed by atoms with Crippen LogP contribution in [0.1, 0.15) is 39.3 Å². The van der Waals surface area contributed by atoms with Gasteiger partial charge in [0.15, 0.2) is 0 Å². The Morgan fingerprint density at radius 1 is 1.21 bits per heavy atom. The number of piperidine rings is 1. The van der Waals surface area contributed by atoms with Crippen LogP contribution in [0.5, 0.6) is 0 Å². The molecule has 130 valence electrons. The summed E-state index contributed by atoms with van der Waals surface area (Å²) >= 11 is 0. The van der Waals surface area contributed by atoms with E-state index >= 15 is 0 Å². The second-order valence-electron chi connectivity index (χ2n) is 7.87. The topological polar surface area (TPSA) is 34.5 Å². The van der Waals surface area contributed by atoms with Gasteiger partial charge in [0.25, 0.3) is 0 Å². The Morgan fingerprint density at radius 2 is 1.88 bits per heavy atom. The van der Waals surface area contributed by atoms with Gasteiger partial charge in [0.2, 0.25) is 0 Å². The first-order valence-corrected chi connectivity index (χ1v) is 8.86. The van der Waals surface area contributed by atoms with Gasteiger partial charge in [-0.15, -0.1) is 0 Å². The fourth-order valence-electron chi connectivity index (χ4n) is 3.47. The lowest BCUT2D eigenvalue weighted by Gasteiger charge is -2.33. The van der Waals surface area contributed by atoms with E-state index < -0.39 is 5.60 Å². The van der Waals surface area contributed by atoms with E-state index in [4.69, 9.17) is 4.74 Å². The average Bonchev–Trinajstić information content (AvgIpc) is 2.82. The zero-order valence-corrected chi connectivity index (χ0v) is 15.2. The summed E-state index contributed by atoms with van der Waals surface area (Å²) in [6, 6.07) is 10.8. The van der Waals surface area contributed by atoms with Crippen LogP contribution in [0.3, 0.4) is 0 Å². The lowest BCUT2D eigenvalue weighted by atomic mass is 9.97. The van der Waals surface area contributed by atoms with Gasteiger partial charge in [-0.1, -0.05) is 18.2 Å². The van der Waals surface area contributed by atoms with Crippen LogP contribution in [0.15, 0.2) is 30.3 Å². The molecule has 4 nitrogen and oxygen atoms in total. The van der Waals surface area contributed by atoms with Crippen LogP contribution >= 0.6 is 0 Å². The van der Waals surface area contributed by atoms with Crippen LogP contribution in [-0.2, 0) is 11.3 Å². The molecule has 24 heavy (non-hydrogen) atoms. The van der Waals surface area contributed by atoms with Crippen molar-refractivity contribution in [2.24, 2.45) is 5.92 Å². The third kappa shape index (κ3) is 3.74. The molecule has 1 aromatic heterocycles. The quantitative estimate of drug-likeness (QED) is 0.807. The normalized spacial score (nSPS) is 16.6. The molecule has 3 rings (SSSR count). The number of carbonyl (C=O) groups is 1. The molecule has 1 aliphatic rings. The first kappa shape index (κ1) is 16.9. The van der Waals surface area contributed by atoms with Gasteiger partial charge in [0.05, 0.1) is 0 Å². The first-order chi connectivity index (χ1) is 11.3. The van der Waals surface area contributed by atoms with Gasteiger partial charge in [-0.05, 0) is 64.0 Å². The van der Waals surface area contributed by atoms with Crippen molar-refractivity contribution < 1.29 is 9.53 Å². The van der Waals surface area contributed by atoms with E-state index in [1.165, 1.54) is 16.6 Å². The van der Waals surface area contributed by atoms with Gasteiger partial charge >= 0.3 is 6.09 Å². The molecule has 0 radical (unpaired) electrons. The third-order valence-corrected chi connectivity index (χ3v) is 4.72. The number of likely N-dealkylation sites (tertiary alicyclic amines) is 1. The summed E-state index contributed by atoms with van der Waals surface area (Å²) in [7, 11) is 0. The first-order valence-electron chi connectivity index (χ1n) is 8.86. The summed E-state index contributed by atoms with van der Waals surface area (Å²) in [6.45, 7) is 10.5. The van der Waals surface area contributed by atoms with Gasteiger partial charge in [-0.3, -0.25) is 0 Å². The Labute approximate surface area is 144 Å². The summed E-state index contributed by atoms with van der Waals surface area (Å²) in [5.74, 6) is 0.609. The predicted molar refractivity (Wildman–Crippen MR) is 97.2 cm³/mol. The van der Waals surface area contributed by atoms with E-state index in [0.717, 1.165) is 32.5 Å². The molecule has 0 bridgehead atoms. The molecule has 4 heteroatoms. The van der Waals surface area contributed by atoms with Crippen LogP contribution in [-0.4, -0.2) is 34.3 Å². The maximum absolute atomic E-state index is 12.2. The van der Waals surface area contributed by atoms with Crippen molar-refractivity contribution in [1.82, 2.24) is 9.47 Å². The molecule has 1 saturated heterocycles. The number of hydrogen-bond acceptors (Lipinski definition) is 2. The summed E-state index contributed by atoms with van der Waals surface area (Å²) < 4.78 is 7.90. The maximum Gasteiger partial charge on any atom is 0.410 e. The highest BCUT2D eigenvalue weighted by Gasteiger charge is 2.27. The Balaban J connectivity index is 1.61. The number of para-hydroxylation sites is 1. The molecular formula is C20H28N2O2. The lowest BCUT2D eigenvalue weighted by molar-refractivity contribution is 0.0178. The highest BCUT2D eigenvalue weighted by Crippen LogP contribution is 2.25. The molecular weight excluding hydrogens is 300 g/mol. The van der Waals surface area contributed by atoms with E-state index in [9.17, 15) is 4.79 Å². The van der Waals surface area contributed by atoms with E-state index in [1.54, 1.807) is 0 Å². The smallest absolute Gasteiger partial charge is 0.410 e. The van der Waals surface area contributed by atoms with Crippen molar-refractivity contribution in [1.29, 1.82) is 0 Å². The van der Waals surface area contributed by atoms with Crippen molar-refractivity contribution in [3.05, 3.63) is 36.0 Å². The zero-order chi connectivity index (χ0) is 17.3. The molecule has 1 aliphatic heterocycles. The Morgan fingerprint density at radius 3 is 2.54 bits per heavy atom. The van der Waals surface area contributed by atoms with E-state index in [-0.39, 0.29) is 6.09 Å². The van der Waals surface area contributed by atoms with Crippen molar-refractivity contribution in [3.8, 4) is 0 Å². The standard InChI is InChI=1S/C20H28N2O2/c1-15-13-17-7-5-6-8-18(17)22(15)14-16-9-11-21(12-10-16)19(23)24-20(2,3)4/h5-8,13,16H,9-12,14H2,1-4H3. The van der Waals surface area contributed by atoms with E-state index in [1.807, 2.05) is 25.7 Å². The van der Waals surface area contributed by atoms with Crippen LogP contribution < -0.4 is 0 Å². The fourth-order valence-corrected chi connectivity index (χ4v) is 3.47. The Kier molecular flexibility index (Phi) is 4.57. The molecule has 0 unspecified atom stereocenters. The number of nitrogens with zero attached hydrogens (tertiary/aromatic N) is 2. The van der Waals surface area contributed by atoms with Gasteiger partial charge in [-0.25, -0.2) is 4.79 Å². The van der Waals surface area contributed by atoms with Crippen LogP contribution in [0.2, 0.25) is 0 Å². The maximum atomic E-state index is 12.2. The summed E-state index contributed by atoms with van der Waals surface area (Å²) in [5.41, 5.74) is 2.20. The molecule has 1 aromatic carbocycles. The molecule has 1 fully saturated rings. The number of benzene rings is 1. The molecule has 0 atom stereocenters. The molecule has 0 saturated carbocycles. The molecule has 0 spiro atoms. The lowest BCUT2D eigenvalue weighted by Crippen LogP contribution is -2.42. The molecule has 2 aromatic rings. The van der Waals surface area contributed by atoms with E-state index in [0.29, 0.717) is 5.92 Å². The third-order valence-electron chi connectivity index (χ3n) is 4.72. The Bertz CT molecular complexity index is 719. The van der Waals surface area contributed by atoms with Gasteiger partial charge in [-0.2, -0.15) is 0 Å². The SMILES string of the molecule is Cc1cc2ccccc2n1CC1CCN(C(=O)OC(C)(C)C)CC1. The number of carbonyl (C=O) groups excluding carboxylic acids is 1. The molecule has 2 heterocycles. The van der Waals surface area contributed by atoms with Crippen molar-refractivity contribution in [2.75, 3.05) is 13.1 Å². The molecule has 1 amide bonds. The highest BCUT2D eigenvalue weighted by atomic mass is 16.6. The number of aryl methyl sites for hydroxylation is 1. The number of aromatic nitrogens is 1. The van der Waals surface area contributed by atoms with Crippen molar-refractivity contribution in [3.63, 3.8) is 0 Å². The minimum absolute atomic E-state index is 0.177. The summed E-state index contributed by atoms with van der Waals surface area (Å²) in [6.07, 6.45) is 1.89. The largest absolute Gasteiger partial charge is 0.444 e. The Hall–Kier alpha value is -1.97. The summed E-state index contributed by atoms with van der Waals surface area (Å²) in [4.78, 5) is 14.0. The monoisotopic (exact) mass is 328 g/mol.